The van der Waals surface area contributed by atoms with Crippen LogP contribution in [0.4, 0.5) is 13.2 Å². The highest BCUT2D eigenvalue weighted by atomic mass is 79.9. The fourth-order valence-electron chi connectivity index (χ4n) is 5.44. The first-order chi connectivity index (χ1) is 24.2. The van der Waals surface area contributed by atoms with E-state index >= 15 is 0 Å². The van der Waals surface area contributed by atoms with E-state index in [1.54, 1.807) is 12.1 Å². The van der Waals surface area contributed by atoms with Crippen LogP contribution in [0.2, 0.25) is 10.0 Å². The van der Waals surface area contributed by atoms with E-state index in [0.29, 0.717) is 23.9 Å². The molecule has 2 aromatic carbocycles. The van der Waals surface area contributed by atoms with Gasteiger partial charge >= 0.3 is 6.18 Å². The Morgan fingerprint density at radius 3 is 1.96 bits per heavy atom. The number of hydrogen-bond donors (Lipinski definition) is 1. The smallest absolute Gasteiger partial charge is 0.433 e. The quantitative estimate of drug-likeness (QED) is 0.160. The maximum Gasteiger partial charge on any atom is 0.433 e. The summed E-state index contributed by atoms with van der Waals surface area (Å²) >= 11 is 15.1. The number of nitrogens with zero attached hydrogens (tertiary/aromatic N) is 3. The third-order valence-corrected chi connectivity index (χ3v) is 9.16. The molecule has 0 bridgehead atoms. The molecule has 2 saturated heterocycles. The number of benzene rings is 2. The molecule has 4 aromatic rings. The van der Waals surface area contributed by atoms with E-state index in [1.165, 1.54) is 11.6 Å². The van der Waals surface area contributed by atoms with Gasteiger partial charge in [-0.3, -0.25) is 9.88 Å². The molecule has 0 spiro atoms. The SMILES string of the molecule is CC1(Oc2ccc(Cl)cc2)CCN(CCOc2ccc(C(F)(F)F)nc2)C1.CC1(Oc2ccc(Cl)cc2)CCNC1.Cc1ccc(CCBr)cn1. The summed E-state index contributed by atoms with van der Waals surface area (Å²) in [5.41, 5.74) is 1.09. The molecule has 0 aliphatic carbocycles. The van der Waals surface area contributed by atoms with Crippen molar-refractivity contribution in [1.82, 2.24) is 20.2 Å². The highest BCUT2D eigenvalue weighted by molar-refractivity contribution is 9.09. The van der Waals surface area contributed by atoms with Gasteiger partial charge in [0.25, 0.3) is 0 Å². The van der Waals surface area contributed by atoms with Gasteiger partial charge in [0.05, 0.1) is 6.20 Å². The Hall–Kier alpha value is -3.09. The third kappa shape index (κ3) is 14.1. The highest BCUT2D eigenvalue weighted by Gasteiger charge is 2.36. The molecular weight excluding hydrogens is 768 g/mol. The maximum absolute atomic E-state index is 12.5. The van der Waals surface area contributed by atoms with Crippen LogP contribution in [0, 0.1) is 6.92 Å². The van der Waals surface area contributed by atoms with Crippen LogP contribution < -0.4 is 19.5 Å². The van der Waals surface area contributed by atoms with Crippen molar-refractivity contribution in [1.29, 1.82) is 0 Å². The maximum atomic E-state index is 12.5. The van der Waals surface area contributed by atoms with Gasteiger partial charge in [-0.25, -0.2) is 4.98 Å². The lowest BCUT2D eigenvalue weighted by Crippen LogP contribution is -2.37. The molecule has 2 atom stereocenters. The number of pyridine rings is 2. The molecule has 6 rings (SSSR count). The summed E-state index contributed by atoms with van der Waals surface area (Å²) in [5, 5.41) is 5.71. The van der Waals surface area contributed by atoms with Gasteiger partial charge in [0, 0.05) is 66.3 Å². The van der Waals surface area contributed by atoms with Crippen LogP contribution >= 0.6 is 39.1 Å². The monoisotopic (exact) mass is 810 g/mol. The number of ether oxygens (including phenoxy) is 3. The molecular formula is C38H44BrCl2F3N4O3. The van der Waals surface area contributed by atoms with Crippen LogP contribution in [0.25, 0.3) is 0 Å². The predicted octanol–water partition coefficient (Wildman–Crippen LogP) is 9.47. The van der Waals surface area contributed by atoms with Gasteiger partial charge in [-0.15, -0.1) is 0 Å². The third-order valence-electron chi connectivity index (χ3n) is 8.26. The average Bonchev–Trinajstić information content (AvgIpc) is 3.69. The van der Waals surface area contributed by atoms with E-state index in [-0.39, 0.29) is 11.2 Å². The van der Waals surface area contributed by atoms with Crippen molar-refractivity contribution in [3.05, 3.63) is 112 Å². The molecule has 0 saturated carbocycles. The standard InChI is InChI=1S/C19H20ClF3N2O2.C11H14ClNO.C8H10BrN/c1-18(27-15-4-2-14(20)3-5-15)8-9-25(13-18)10-11-26-16-6-7-17(24-12-16)19(21,22)23;1-11(6-7-13-8-11)14-10-4-2-9(12)3-5-10;1-7-2-3-8(4-5-9)6-10-7/h2-7,12H,8-11,13H2,1H3;2-5,13H,6-8H2,1H3;2-3,6H,4-5H2,1H3. The molecule has 0 amide bonds. The Bertz CT molecular complexity index is 1610. The first kappa shape index (κ1) is 40.7. The lowest BCUT2D eigenvalue weighted by molar-refractivity contribution is -0.141. The fraction of sp³-hybridized carbons (Fsp3) is 0.421. The molecule has 4 heterocycles. The zero-order valence-corrected chi connectivity index (χ0v) is 32.1. The molecule has 1 N–H and O–H groups in total. The largest absolute Gasteiger partial charge is 0.491 e. The average molecular weight is 813 g/mol. The van der Waals surface area contributed by atoms with Crippen LogP contribution in [-0.2, 0) is 12.6 Å². The van der Waals surface area contributed by atoms with Crippen molar-refractivity contribution < 1.29 is 27.4 Å². The van der Waals surface area contributed by atoms with E-state index in [2.05, 4.69) is 56.0 Å². The van der Waals surface area contributed by atoms with Crippen LogP contribution in [-0.4, -0.2) is 70.7 Å². The van der Waals surface area contributed by atoms with Gasteiger partial charge in [-0.2, -0.15) is 13.2 Å². The summed E-state index contributed by atoms with van der Waals surface area (Å²) in [4.78, 5) is 9.76. The minimum atomic E-state index is -4.44. The van der Waals surface area contributed by atoms with Gasteiger partial charge in [-0.1, -0.05) is 45.2 Å². The van der Waals surface area contributed by atoms with E-state index in [1.807, 2.05) is 55.6 Å². The Labute approximate surface area is 317 Å². The molecule has 13 heteroatoms. The zero-order valence-electron chi connectivity index (χ0n) is 29.0. The molecule has 2 unspecified atom stereocenters. The number of aryl methyl sites for hydroxylation is 2. The molecule has 2 aliphatic rings. The summed E-state index contributed by atoms with van der Waals surface area (Å²) in [5.74, 6) is 1.99. The van der Waals surface area contributed by atoms with E-state index in [4.69, 9.17) is 37.4 Å². The van der Waals surface area contributed by atoms with Crippen LogP contribution in [0.15, 0.2) is 85.2 Å². The van der Waals surface area contributed by atoms with E-state index < -0.39 is 11.9 Å². The predicted molar refractivity (Wildman–Crippen MR) is 201 cm³/mol. The van der Waals surface area contributed by atoms with Crippen molar-refractivity contribution >= 4 is 39.1 Å². The number of halogens is 6. The molecule has 7 nitrogen and oxygen atoms in total. The number of rotatable bonds is 10. The van der Waals surface area contributed by atoms with Gasteiger partial charge in [-0.05, 0) is 106 Å². The first-order valence-corrected chi connectivity index (χ1v) is 18.6. The van der Waals surface area contributed by atoms with Crippen molar-refractivity contribution in [3.8, 4) is 17.2 Å². The second-order valence-corrected chi connectivity index (χ2v) is 14.6. The van der Waals surface area contributed by atoms with Crippen molar-refractivity contribution in [3.63, 3.8) is 0 Å². The summed E-state index contributed by atoms with van der Waals surface area (Å²) in [6.07, 6.45) is 1.57. The minimum absolute atomic E-state index is 0.0617. The van der Waals surface area contributed by atoms with Crippen LogP contribution in [0.5, 0.6) is 17.2 Å². The topological polar surface area (TPSA) is 68.7 Å². The molecule has 0 radical (unpaired) electrons. The van der Waals surface area contributed by atoms with E-state index in [9.17, 15) is 13.2 Å². The van der Waals surface area contributed by atoms with E-state index in [0.717, 1.165) is 85.3 Å². The Morgan fingerprint density at radius 1 is 0.824 bits per heavy atom. The summed E-state index contributed by atoms with van der Waals surface area (Å²) < 4.78 is 55.0. The van der Waals surface area contributed by atoms with Crippen molar-refractivity contribution in [2.75, 3.05) is 44.7 Å². The number of aromatic nitrogens is 2. The summed E-state index contributed by atoms with van der Waals surface area (Å²) in [6.45, 7) is 10.7. The van der Waals surface area contributed by atoms with Crippen LogP contribution in [0.3, 0.4) is 0 Å². The Morgan fingerprint density at radius 2 is 1.45 bits per heavy atom. The van der Waals surface area contributed by atoms with Gasteiger partial charge in [0.2, 0.25) is 0 Å². The number of alkyl halides is 4. The highest BCUT2D eigenvalue weighted by Crippen LogP contribution is 2.30. The summed E-state index contributed by atoms with van der Waals surface area (Å²) in [6, 6.07) is 21.1. The second-order valence-electron chi connectivity index (χ2n) is 12.9. The van der Waals surface area contributed by atoms with Crippen LogP contribution in [0.1, 0.15) is 43.6 Å². The number of likely N-dealkylation sites (tertiary alicyclic amines) is 1. The van der Waals surface area contributed by atoms with Crippen molar-refractivity contribution in [2.24, 2.45) is 0 Å². The Kier molecular flexibility index (Phi) is 15.3. The molecule has 2 aromatic heterocycles. The summed E-state index contributed by atoms with van der Waals surface area (Å²) in [7, 11) is 0. The normalized spacial score (nSPS) is 20.1. The molecule has 2 fully saturated rings. The lowest BCUT2D eigenvalue weighted by atomic mass is 10.1. The van der Waals surface area contributed by atoms with Gasteiger partial charge in [0.15, 0.2) is 0 Å². The second kappa shape index (κ2) is 19.1. The minimum Gasteiger partial charge on any atom is -0.491 e. The number of hydrogen-bond acceptors (Lipinski definition) is 7. The zero-order chi connectivity index (χ0) is 36.9. The molecule has 276 valence electrons. The molecule has 51 heavy (non-hydrogen) atoms. The lowest BCUT2D eigenvalue weighted by Gasteiger charge is -2.26. The molecule has 2 aliphatic heterocycles. The first-order valence-electron chi connectivity index (χ1n) is 16.7. The fourth-order valence-corrected chi connectivity index (χ4v) is 6.15. The number of nitrogens with one attached hydrogen (secondary N) is 1. The van der Waals surface area contributed by atoms with Crippen molar-refractivity contribution in [2.45, 2.75) is 57.4 Å². The van der Waals surface area contributed by atoms with Gasteiger partial charge < -0.3 is 19.5 Å². The Balaban J connectivity index is 0.000000201. The van der Waals surface area contributed by atoms with Gasteiger partial charge in [0.1, 0.15) is 40.8 Å².